The summed E-state index contributed by atoms with van der Waals surface area (Å²) in [6, 6.07) is 9.30. The van der Waals surface area contributed by atoms with Gasteiger partial charge in [-0.15, -0.1) is 0 Å². The Balaban J connectivity index is 1.58. The first kappa shape index (κ1) is 14.2. The summed E-state index contributed by atoms with van der Waals surface area (Å²) in [5.74, 6) is 1.88. The summed E-state index contributed by atoms with van der Waals surface area (Å²) in [5, 5.41) is 0. The average Bonchev–Trinajstić information content (AvgIpc) is 2.50. The van der Waals surface area contributed by atoms with Gasteiger partial charge in [0, 0.05) is 0 Å². The van der Waals surface area contributed by atoms with E-state index in [1.165, 1.54) is 63.4 Å². The van der Waals surface area contributed by atoms with Gasteiger partial charge in [0.1, 0.15) is 0 Å². The smallest absolute Gasteiger partial charge is 0.0162 e. The number of hydrogen-bond donors (Lipinski definition) is 0. The van der Waals surface area contributed by atoms with Crippen LogP contribution in [0.15, 0.2) is 24.3 Å². The molecule has 1 aromatic carbocycles. The monoisotopic (exact) mass is 270 g/mol. The zero-order valence-electron chi connectivity index (χ0n) is 13.3. The highest BCUT2D eigenvalue weighted by Crippen LogP contribution is 2.52. The molecule has 0 saturated heterocycles. The van der Waals surface area contributed by atoms with Gasteiger partial charge in [0.2, 0.25) is 0 Å². The second kappa shape index (κ2) is 5.92. The number of aryl methyl sites for hydroxylation is 1. The molecular formula is C20H30. The topological polar surface area (TPSA) is 0 Å². The van der Waals surface area contributed by atoms with Crippen molar-refractivity contribution in [3.8, 4) is 0 Å². The highest BCUT2D eigenvalue weighted by atomic mass is 14.4. The number of rotatable bonds is 2. The van der Waals surface area contributed by atoms with E-state index >= 15 is 0 Å². The van der Waals surface area contributed by atoms with Crippen molar-refractivity contribution in [1.29, 1.82) is 0 Å². The van der Waals surface area contributed by atoms with Crippen molar-refractivity contribution in [2.24, 2.45) is 11.3 Å². The average molecular weight is 270 g/mol. The fourth-order valence-corrected chi connectivity index (χ4v) is 4.60. The zero-order valence-corrected chi connectivity index (χ0v) is 13.3. The maximum Gasteiger partial charge on any atom is -0.0162 e. The van der Waals surface area contributed by atoms with Gasteiger partial charge in [-0.3, -0.25) is 0 Å². The molecular weight excluding hydrogens is 240 g/mol. The van der Waals surface area contributed by atoms with Crippen LogP contribution in [0.5, 0.6) is 0 Å². The minimum absolute atomic E-state index is 0.743. The zero-order chi connectivity index (χ0) is 14.0. The van der Waals surface area contributed by atoms with Crippen molar-refractivity contribution >= 4 is 0 Å². The third kappa shape index (κ3) is 2.95. The number of hydrogen-bond acceptors (Lipinski definition) is 0. The first-order chi connectivity index (χ1) is 9.71. The van der Waals surface area contributed by atoms with Crippen LogP contribution in [0.1, 0.15) is 81.8 Å². The van der Waals surface area contributed by atoms with Gasteiger partial charge in [0.05, 0.1) is 0 Å². The second-order valence-electron chi connectivity index (χ2n) is 7.54. The molecule has 0 unspecified atom stereocenters. The van der Waals surface area contributed by atoms with Crippen molar-refractivity contribution in [1.82, 2.24) is 0 Å². The molecule has 0 nitrogen and oxygen atoms in total. The Morgan fingerprint density at radius 3 is 2.00 bits per heavy atom. The van der Waals surface area contributed by atoms with E-state index in [2.05, 4.69) is 38.1 Å². The van der Waals surface area contributed by atoms with E-state index < -0.39 is 0 Å². The summed E-state index contributed by atoms with van der Waals surface area (Å²) in [6.45, 7) is 4.56. The van der Waals surface area contributed by atoms with Crippen LogP contribution in [0.4, 0.5) is 0 Å². The summed E-state index contributed by atoms with van der Waals surface area (Å²) in [7, 11) is 0. The fraction of sp³-hybridized carbons (Fsp3) is 0.700. The van der Waals surface area contributed by atoms with E-state index in [1.807, 2.05) is 0 Å². The van der Waals surface area contributed by atoms with Crippen molar-refractivity contribution in [3.05, 3.63) is 35.4 Å². The second-order valence-corrected chi connectivity index (χ2v) is 7.54. The molecule has 0 amide bonds. The molecule has 0 aliphatic heterocycles. The molecule has 0 radical (unpaired) electrons. The van der Waals surface area contributed by atoms with E-state index in [0.29, 0.717) is 0 Å². The molecule has 0 heterocycles. The summed E-state index contributed by atoms with van der Waals surface area (Å²) < 4.78 is 0. The van der Waals surface area contributed by atoms with Gasteiger partial charge >= 0.3 is 0 Å². The first-order valence-corrected chi connectivity index (χ1v) is 8.77. The van der Waals surface area contributed by atoms with Crippen LogP contribution in [0, 0.1) is 18.3 Å². The van der Waals surface area contributed by atoms with Gasteiger partial charge in [0.25, 0.3) is 0 Å². The third-order valence-electron chi connectivity index (χ3n) is 6.34. The van der Waals surface area contributed by atoms with E-state index in [0.717, 1.165) is 17.3 Å². The maximum atomic E-state index is 2.37. The quantitative estimate of drug-likeness (QED) is 0.596. The highest BCUT2D eigenvalue weighted by molar-refractivity contribution is 5.25. The molecule has 1 aromatic rings. The molecule has 1 spiro atoms. The normalized spacial score (nSPS) is 34.3. The van der Waals surface area contributed by atoms with Gasteiger partial charge in [-0.1, -0.05) is 43.2 Å². The van der Waals surface area contributed by atoms with Crippen LogP contribution >= 0.6 is 0 Å². The lowest BCUT2D eigenvalue weighted by molar-refractivity contribution is 0.0882. The number of benzene rings is 1. The van der Waals surface area contributed by atoms with Gasteiger partial charge < -0.3 is 0 Å². The predicted molar refractivity (Wildman–Crippen MR) is 87.1 cm³/mol. The summed E-state index contributed by atoms with van der Waals surface area (Å²) in [6.07, 6.45) is 13.3. The molecule has 20 heavy (non-hydrogen) atoms. The van der Waals surface area contributed by atoms with Crippen LogP contribution in [-0.4, -0.2) is 0 Å². The standard InChI is InChI=1S/C20H30/c1-3-17-8-12-20(13-9-17)14-10-19(11-15-20)18-6-4-16(2)5-7-18/h4-7,17,19H,3,8-15H2,1-2H3. The molecule has 110 valence electrons. The summed E-state index contributed by atoms with van der Waals surface area (Å²) >= 11 is 0. The van der Waals surface area contributed by atoms with Gasteiger partial charge in [-0.05, 0) is 81.1 Å². The molecule has 0 N–H and O–H groups in total. The molecule has 0 bridgehead atoms. The minimum atomic E-state index is 0.743. The summed E-state index contributed by atoms with van der Waals surface area (Å²) in [5.41, 5.74) is 3.72. The molecule has 2 aliphatic rings. The Hall–Kier alpha value is -0.780. The molecule has 2 saturated carbocycles. The molecule has 2 aliphatic carbocycles. The van der Waals surface area contributed by atoms with Gasteiger partial charge in [0.15, 0.2) is 0 Å². The Morgan fingerprint density at radius 1 is 0.900 bits per heavy atom. The Morgan fingerprint density at radius 2 is 1.45 bits per heavy atom. The predicted octanol–water partition coefficient (Wildman–Crippen LogP) is 6.24. The van der Waals surface area contributed by atoms with Crippen LogP contribution < -0.4 is 0 Å². The highest BCUT2D eigenvalue weighted by Gasteiger charge is 2.38. The van der Waals surface area contributed by atoms with E-state index in [9.17, 15) is 0 Å². The van der Waals surface area contributed by atoms with Crippen molar-refractivity contribution in [2.75, 3.05) is 0 Å². The summed E-state index contributed by atoms with van der Waals surface area (Å²) in [4.78, 5) is 0. The van der Waals surface area contributed by atoms with E-state index in [1.54, 1.807) is 5.56 Å². The Labute approximate surface area is 125 Å². The molecule has 0 heteroatoms. The lowest BCUT2D eigenvalue weighted by Gasteiger charge is -2.45. The van der Waals surface area contributed by atoms with Crippen LogP contribution in [0.2, 0.25) is 0 Å². The lowest BCUT2D eigenvalue weighted by Crippen LogP contribution is -2.31. The van der Waals surface area contributed by atoms with Crippen molar-refractivity contribution < 1.29 is 0 Å². The van der Waals surface area contributed by atoms with Gasteiger partial charge in [-0.2, -0.15) is 0 Å². The maximum absolute atomic E-state index is 2.37. The van der Waals surface area contributed by atoms with Gasteiger partial charge in [-0.25, -0.2) is 0 Å². The SMILES string of the molecule is CCC1CCC2(CC1)CCC(c1ccc(C)cc1)CC2. The van der Waals surface area contributed by atoms with Crippen molar-refractivity contribution in [2.45, 2.75) is 77.6 Å². The van der Waals surface area contributed by atoms with E-state index in [-0.39, 0.29) is 0 Å². The molecule has 0 aromatic heterocycles. The van der Waals surface area contributed by atoms with Crippen LogP contribution in [0.3, 0.4) is 0 Å². The molecule has 3 rings (SSSR count). The van der Waals surface area contributed by atoms with Crippen LogP contribution in [0.25, 0.3) is 0 Å². The minimum Gasteiger partial charge on any atom is -0.0651 e. The third-order valence-corrected chi connectivity index (χ3v) is 6.34. The lowest BCUT2D eigenvalue weighted by atomic mass is 9.60. The van der Waals surface area contributed by atoms with Crippen LogP contribution in [-0.2, 0) is 0 Å². The molecule has 2 fully saturated rings. The van der Waals surface area contributed by atoms with Crippen molar-refractivity contribution in [3.63, 3.8) is 0 Å². The Kier molecular flexibility index (Phi) is 4.19. The largest absolute Gasteiger partial charge is 0.0651 e. The first-order valence-electron chi connectivity index (χ1n) is 8.77. The molecule has 0 atom stereocenters. The fourth-order valence-electron chi connectivity index (χ4n) is 4.60. The van der Waals surface area contributed by atoms with E-state index in [4.69, 9.17) is 0 Å². The Bertz CT molecular complexity index is 410.